The Morgan fingerprint density at radius 3 is 3.07 bits per heavy atom. The minimum Gasteiger partial charge on any atom is -0.293 e. The first-order chi connectivity index (χ1) is 6.77. The lowest BCUT2D eigenvalue weighted by Gasteiger charge is -2.31. The van der Waals surface area contributed by atoms with Crippen molar-refractivity contribution in [2.24, 2.45) is 0 Å². The molecule has 0 saturated carbocycles. The number of likely N-dealkylation sites (tertiary alicyclic amines) is 1. The Labute approximate surface area is 85.0 Å². The van der Waals surface area contributed by atoms with Gasteiger partial charge in [0.2, 0.25) is 0 Å². The van der Waals surface area contributed by atoms with Crippen LogP contribution in [0.15, 0.2) is 18.5 Å². The third-order valence-electron chi connectivity index (χ3n) is 3.69. The van der Waals surface area contributed by atoms with Crippen LogP contribution < -0.4 is 0 Å². The quantitative estimate of drug-likeness (QED) is 0.672. The largest absolute Gasteiger partial charge is 0.293 e. The Hall–Kier alpha value is -0.890. The third-order valence-corrected chi connectivity index (χ3v) is 3.69. The molecule has 14 heavy (non-hydrogen) atoms. The summed E-state index contributed by atoms with van der Waals surface area (Å²) < 4.78 is 0. The maximum absolute atomic E-state index is 4.24. The molecule has 2 atom stereocenters. The summed E-state index contributed by atoms with van der Waals surface area (Å²) in [5, 5.41) is 0. The van der Waals surface area contributed by atoms with Crippen LogP contribution in [0.3, 0.4) is 0 Å². The highest BCUT2D eigenvalue weighted by atomic mass is 15.2. The second-order valence-electron chi connectivity index (χ2n) is 4.74. The predicted octanol–water partition coefficient (Wildman–Crippen LogP) is 2.33. The molecule has 0 aromatic carbocycles. The summed E-state index contributed by atoms with van der Waals surface area (Å²) in [5.74, 6) is 0.778. The Morgan fingerprint density at radius 1 is 1.43 bits per heavy atom. The molecule has 74 valence electrons. The van der Waals surface area contributed by atoms with Gasteiger partial charge >= 0.3 is 0 Å². The summed E-state index contributed by atoms with van der Waals surface area (Å²) in [6.07, 6.45) is 5.31. The maximum Gasteiger partial charge on any atom is 0.0375 e. The van der Waals surface area contributed by atoms with Crippen LogP contribution in [0.2, 0.25) is 0 Å². The molecule has 1 aromatic rings. The summed E-state index contributed by atoms with van der Waals surface area (Å²) in [4.78, 5) is 6.85. The summed E-state index contributed by atoms with van der Waals surface area (Å²) in [6.45, 7) is 5.83. The molecule has 0 amide bonds. The molecule has 1 fully saturated rings. The van der Waals surface area contributed by atoms with Crippen molar-refractivity contribution in [3.63, 3.8) is 0 Å². The Bertz CT molecular complexity index is 359. The average molecular weight is 188 g/mol. The Kier molecular flexibility index (Phi) is 1.68. The van der Waals surface area contributed by atoms with E-state index in [2.05, 4.69) is 36.0 Å². The molecule has 2 unspecified atom stereocenters. The Morgan fingerprint density at radius 2 is 2.29 bits per heavy atom. The van der Waals surface area contributed by atoms with Crippen LogP contribution in [-0.4, -0.2) is 22.5 Å². The van der Waals surface area contributed by atoms with E-state index >= 15 is 0 Å². The van der Waals surface area contributed by atoms with Crippen molar-refractivity contribution >= 4 is 0 Å². The molecule has 0 radical (unpaired) electrons. The minimum atomic E-state index is 0.656. The molecule has 2 nitrogen and oxygen atoms in total. The van der Waals surface area contributed by atoms with Crippen LogP contribution in [0.25, 0.3) is 0 Å². The molecular weight excluding hydrogens is 172 g/mol. The molecule has 2 heteroatoms. The van der Waals surface area contributed by atoms with E-state index in [9.17, 15) is 0 Å². The van der Waals surface area contributed by atoms with Crippen LogP contribution in [0.4, 0.5) is 0 Å². The van der Waals surface area contributed by atoms with Crippen molar-refractivity contribution in [2.45, 2.75) is 38.3 Å². The van der Waals surface area contributed by atoms with Gasteiger partial charge in [-0.25, -0.2) is 0 Å². The summed E-state index contributed by atoms with van der Waals surface area (Å²) in [6, 6.07) is 3.53. The van der Waals surface area contributed by atoms with Crippen LogP contribution in [0.5, 0.6) is 0 Å². The monoisotopic (exact) mass is 188 g/mol. The van der Waals surface area contributed by atoms with Gasteiger partial charge in [-0.2, -0.15) is 0 Å². The van der Waals surface area contributed by atoms with Crippen LogP contribution in [0, 0.1) is 0 Å². The number of nitrogens with zero attached hydrogens (tertiary/aromatic N) is 2. The fraction of sp³-hybridized carbons (Fsp3) is 0.583. The van der Waals surface area contributed by atoms with E-state index in [1.54, 1.807) is 5.56 Å². The summed E-state index contributed by atoms with van der Waals surface area (Å²) in [7, 11) is 0. The van der Waals surface area contributed by atoms with Gasteiger partial charge < -0.3 is 0 Å². The molecule has 1 aliphatic heterocycles. The molecule has 2 bridgehead atoms. The number of aromatic nitrogens is 1. The zero-order chi connectivity index (χ0) is 9.71. The smallest absolute Gasteiger partial charge is 0.0375 e. The van der Waals surface area contributed by atoms with Crippen LogP contribution in [0.1, 0.15) is 43.4 Å². The van der Waals surface area contributed by atoms with Gasteiger partial charge in [0.25, 0.3) is 0 Å². The van der Waals surface area contributed by atoms with E-state index in [1.807, 2.05) is 6.20 Å². The molecule has 3 rings (SSSR count). The zero-order valence-electron chi connectivity index (χ0n) is 8.77. The molecular formula is C12H16N2. The van der Waals surface area contributed by atoms with Gasteiger partial charge in [-0.1, -0.05) is 0 Å². The lowest BCUT2D eigenvalue weighted by molar-refractivity contribution is 0.197. The lowest BCUT2D eigenvalue weighted by Crippen LogP contribution is -2.33. The van der Waals surface area contributed by atoms with E-state index in [0.29, 0.717) is 12.1 Å². The van der Waals surface area contributed by atoms with E-state index < -0.39 is 0 Å². The number of pyridine rings is 1. The van der Waals surface area contributed by atoms with Gasteiger partial charge in [0.05, 0.1) is 0 Å². The van der Waals surface area contributed by atoms with E-state index in [1.165, 1.54) is 18.5 Å². The molecule has 1 aromatic heterocycles. The van der Waals surface area contributed by atoms with E-state index in [-0.39, 0.29) is 0 Å². The van der Waals surface area contributed by atoms with E-state index in [0.717, 1.165) is 5.92 Å². The SMILES string of the molecule is CC(C)N1CC2CC1c1cnccc12. The topological polar surface area (TPSA) is 16.1 Å². The third kappa shape index (κ3) is 0.976. The van der Waals surface area contributed by atoms with Gasteiger partial charge in [0.15, 0.2) is 0 Å². The van der Waals surface area contributed by atoms with Crippen molar-refractivity contribution in [3.8, 4) is 0 Å². The fourth-order valence-corrected chi connectivity index (χ4v) is 3.03. The van der Waals surface area contributed by atoms with Crippen LogP contribution >= 0.6 is 0 Å². The second-order valence-corrected chi connectivity index (χ2v) is 4.74. The number of hydrogen-bond acceptors (Lipinski definition) is 2. The highest BCUT2D eigenvalue weighted by molar-refractivity contribution is 5.39. The van der Waals surface area contributed by atoms with Gasteiger partial charge in [-0.15, -0.1) is 0 Å². The highest BCUT2D eigenvalue weighted by Gasteiger charge is 2.42. The summed E-state index contributed by atoms with van der Waals surface area (Å²) in [5.41, 5.74) is 3.04. The average Bonchev–Trinajstić information content (AvgIpc) is 2.75. The van der Waals surface area contributed by atoms with Gasteiger partial charge in [0.1, 0.15) is 0 Å². The molecule has 0 N–H and O–H groups in total. The maximum atomic E-state index is 4.24. The minimum absolute atomic E-state index is 0.656. The van der Waals surface area contributed by atoms with Crippen molar-refractivity contribution < 1.29 is 0 Å². The van der Waals surface area contributed by atoms with Crippen molar-refractivity contribution in [3.05, 3.63) is 29.6 Å². The molecule has 0 spiro atoms. The fourth-order valence-electron chi connectivity index (χ4n) is 3.03. The number of fused-ring (bicyclic) bond motifs is 5. The van der Waals surface area contributed by atoms with Crippen molar-refractivity contribution in [1.82, 2.24) is 9.88 Å². The summed E-state index contributed by atoms with van der Waals surface area (Å²) >= 11 is 0. The van der Waals surface area contributed by atoms with Gasteiger partial charge in [0, 0.05) is 31.0 Å². The van der Waals surface area contributed by atoms with Crippen molar-refractivity contribution in [2.75, 3.05) is 6.54 Å². The standard InChI is InChI=1S/C12H16N2/c1-8(2)14-7-9-5-12(14)11-6-13-4-3-10(9)11/h3-4,6,8-9,12H,5,7H2,1-2H3. The van der Waals surface area contributed by atoms with Gasteiger partial charge in [-0.05, 0) is 43.4 Å². The van der Waals surface area contributed by atoms with Gasteiger partial charge in [-0.3, -0.25) is 9.88 Å². The van der Waals surface area contributed by atoms with Crippen LogP contribution in [-0.2, 0) is 0 Å². The molecule has 1 saturated heterocycles. The first-order valence-corrected chi connectivity index (χ1v) is 5.47. The first kappa shape index (κ1) is 8.42. The highest BCUT2D eigenvalue weighted by Crippen LogP contribution is 2.50. The first-order valence-electron chi connectivity index (χ1n) is 5.47. The number of rotatable bonds is 1. The lowest BCUT2D eigenvalue weighted by atomic mass is 10.0. The second kappa shape index (κ2) is 2.80. The Balaban J connectivity index is 2.02. The predicted molar refractivity (Wildman–Crippen MR) is 56.2 cm³/mol. The van der Waals surface area contributed by atoms with Crippen molar-refractivity contribution in [1.29, 1.82) is 0 Å². The normalized spacial score (nSPS) is 29.9. The molecule has 2 aliphatic rings. The number of hydrogen-bond donors (Lipinski definition) is 0. The van der Waals surface area contributed by atoms with E-state index in [4.69, 9.17) is 0 Å². The molecule has 2 heterocycles. The zero-order valence-corrected chi connectivity index (χ0v) is 8.77. The molecule has 1 aliphatic carbocycles.